The van der Waals surface area contributed by atoms with E-state index in [-0.39, 0.29) is 18.3 Å². The van der Waals surface area contributed by atoms with Crippen molar-refractivity contribution in [2.75, 3.05) is 6.61 Å². The van der Waals surface area contributed by atoms with E-state index in [4.69, 9.17) is 9.52 Å². The topological polar surface area (TPSA) is 62.5 Å². The van der Waals surface area contributed by atoms with Crippen molar-refractivity contribution in [3.05, 3.63) is 35.6 Å². The first-order valence-corrected chi connectivity index (χ1v) is 5.85. The lowest BCUT2D eigenvalue weighted by Crippen LogP contribution is -2.46. The van der Waals surface area contributed by atoms with E-state index in [9.17, 15) is 4.79 Å². The van der Waals surface area contributed by atoms with Crippen molar-refractivity contribution in [2.24, 2.45) is 0 Å². The molecule has 2 aromatic rings. The van der Waals surface area contributed by atoms with Crippen LogP contribution in [0, 0.1) is 6.92 Å². The standard InChI is InChI=1S/C14H17NO3/c1-9-4-5-11-10(6-9)7-12(18-11)13(17)15-14(2,3)8-16/h4-7,16H,8H2,1-3H3,(H,15,17). The molecule has 0 saturated heterocycles. The first-order chi connectivity index (χ1) is 8.41. The summed E-state index contributed by atoms with van der Waals surface area (Å²) in [5.41, 5.74) is 1.14. The number of aryl methyl sites for hydroxylation is 1. The number of hydrogen-bond acceptors (Lipinski definition) is 3. The smallest absolute Gasteiger partial charge is 0.287 e. The molecule has 0 bridgehead atoms. The number of carbonyl (C=O) groups excluding carboxylic acids is 1. The molecule has 0 unspecified atom stereocenters. The Labute approximate surface area is 106 Å². The molecule has 0 aliphatic carbocycles. The van der Waals surface area contributed by atoms with Gasteiger partial charge in [0, 0.05) is 5.39 Å². The molecular formula is C14H17NO3. The Kier molecular flexibility index (Phi) is 3.13. The van der Waals surface area contributed by atoms with Crippen LogP contribution in [0.5, 0.6) is 0 Å². The van der Waals surface area contributed by atoms with E-state index in [0.29, 0.717) is 5.58 Å². The summed E-state index contributed by atoms with van der Waals surface area (Å²) in [4.78, 5) is 12.0. The minimum Gasteiger partial charge on any atom is -0.451 e. The fraction of sp³-hybridized carbons (Fsp3) is 0.357. The molecule has 0 aliphatic rings. The Bertz CT molecular complexity index is 584. The number of aliphatic hydroxyl groups is 1. The molecule has 1 aromatic carbocycles. The molecule has 0 saturated carbocycles. The van der Waals surface area contributed by atoms with Gasteiger partial charge in [0.25, 0.3) is 5.91 Å². The van der Waals surface area contributed by atoms with Crippen LogP contribution >= 0.6 is 0 Å². The number of aliphatic hydroxyl groups excluding tert-OH is 1. The van der Waals surface area contributed by atoms with Crippen LogP contribution in [0.4, 0.5) is 0 Å². The molecule has 0 spiro atoms. The van der Waals surface area contributed by atoms with E-state index in [1.807, 2.05) is 25.1 Å². The average molecular weight is 247 g/mol. The second kappa shape index (κ2) is 4.46. The highest BCUT2D eigenvalue weighted by atomic mass is 16.3. The SMILES string of the molecule is Cc1ccc2oc(C(=O)NC(C)(C)CO)cc2c1. The molecule has 4 heteroatoms. The summed E-state index contributed by atoms with van der Waals surface area (Å²) >= 11 is 0. The maximum absolute atomic E-state index is 12.0. The average Bonchev–Trinajstić information content (AvgIpc) is 2.71. The van der Waals surface area contributed by atoms with Gasteiger partial charge in [-0.1, -0.05) is 11.6 Å². The highest BCUT2D eigenvalue weighted by Crippen LogP contribution is 2.21. The van der Waals surface area contributed by atoms with Gasteiger partial charge in [0.05, 0.1) is 12.1 Å². The maximum atomic E-state index is 12.0. The van der Waals surface area contributed by atoms with Gasteiger partial charge >= 0.3 is 0 Å². The Morgan fingerprint density at radius 3 is 2.78 bits per heavy atom. The quantitative estimate of drug-likeness (QED) is 0.874. The Hall–Kier alpha value is -1.81. The first-order valence-electron chi connectivity index (χ1n) is 5.85. The van der Waals surface area contributed by atoms with Crippen molar-refractivity contribution < 1.29 is 14.3 Å². The van der Waals surface area contributed by atoms with Gasteiger partial charge in [0.1, 0.15) is 5.58 Å². The van der Waals surface area contributed by atoms with Crippen molar-refractivity contribution in [3.8, 4) is 0 Å². The molecule has 1 aromatic heterocycles. The molecule has 2 rings (SSSR count). The molecule has 4 nitrogen and oxygen atoms in total. The van der Waals surface area contributed by atoms with Gasteiger partial charge in [-0.25, -0.2) is 0 Å². The number of amides is 1. The molecule has 0 radical (unpaired) electrons. The summed E-state index contributed by atoms with van der Waals surface area (Å²) < 4.78 is 5.48. The molecule has 96 valence electrons. The van der Waals surface area contributed by atoms with Crippen LogP contribution in [0.25, 0.3) is 11.0 Å². The molecule has 1 amide bonds. The van der Waals surface area contributed by atoms with Crippen LogP contribution in [0.1, 0.15) is 30.0 Å². The van der Waals surface area contributed by atoms with Gasteiger partial charge < -0.3 is 14.8 Å². The van der Waals surface area contributed by atoms with Crippen LogP contribution in [-0.4, -0.2) is 23.2 Å². The van der Waals surface area contributed by atoms with E-state index in [2.05, 4.69) is 5.32 Å². The van der Waals surface area contributed by atoms with Gasteiger partial charge in [-0.15, -0.1) is 0 Å². The predicted molar refractivity (Wildman–Crippen MR) is 69.6 cm³/mol. The third kappa shape index (κ3) is 2.54. The summed E-state index contributed by atoms with van der Waals surface area (Å²) in [7, 11) is 0. The van der Waals surface area contributed by atoms with Crippen LogP contribution < -0.4 is 5.32 Å². The van der Waals surface area contributed by atoms with Crippen LogP contribution in [-0.2, 0) is 0 Å². The van der Waals surface area contributed by atoms with E-state index in [1.165, 1.54) is 0 Å². The van der Waals surface area contributed by atoms with Crippen molar-refractivity contribution in [3.63, 3.8) is 0 Å². The zero-order valence-electron chi connectivity index (χ0n) is 10.8. The maximum Gasteiger partial charge on any atom is 0.287 e. The molecule has 1 heterocycles. The monoisotopic (exact) mass is 247 g/mol. The van der Waals surface area contributed by atoms with Crippen molar-refractivity contribution >= 4 is 16.9 Å². The van der Waals surface area contributed by atoms with Gasteiger partial charge in [-0.2, -0.15) is 0 Å². The lowest BCUT2D eigenvalue weighted by molar-refractivity contribution is 0.0843. The summed E-state index contributed by atoms with van der Waals surface area (Å²) in [6.07, 6.45) is 0. The van der Waals surface area contributed by atoms with E-state index in [1.54, 1.807) is 19.9 Å². The largest absolute Gasteiger partial charge is 0.451 e. The summed E-state index contributed by atoms with van der Waals surface area (Å²) in [5, 5.41) is 12.7. The molecule has 0 fully saturated rings. The highest BCUT2D eigenvalue weighted by molar-refractivity contribution is 5.96. The zero-order valence-corrected chi connectivity index (χ0v) is 10.8. The number of fused-ring (bicyclic) bond motifs is 1. The number of furan rings is 1. The first kappa shape index (κ1) is 12.6. The molecule has 0 atom stereocenters. The van der Waals surface area contributed by atoms with E-state index >= 15 is 0 Å². The van der Waals surface area contributed by atoms with Crippen molar-refractivity contribution in [2.45, 2.75) is 26.3 Å². The number of hydrogen-bond donors (Lipinski definition) is 2. The Morgan fingerprint density at radius 1 is 1.39 bits per heavy atom. The molecular weight excluding hydrogens is 230 g/mol. The van der Waals surface area contributed by atoms with Crippen LogP contribution in [0.15, 0.2) is 28.7 Å². The minimum absolute atomic E-state index is 0.127. The third-order valence-electron chi connectivity index (χ3n) is 2.74. The predicted octanol–water partition coefficient (Wildman–Crippen LogP) is 2.24. The number of rotatable bonds is 3. The highest BCUT2D eigenvalue weighted by Gasteiger charge is 2.22. The van der Waals surface area contributed by atoms with Crippen LogP contribution in [0.2, 0.25) is 0 Å². The van der Waals surface area contributed by atoms with Crippen molar-refractivity contribution in [1.29, 1.82) is 0 Å². The Morgan fingerprint density at radius 2 is 2.11 bits per heavy atom. The fourth-order valence-corrected chi connectivity index (χ4v) is 1.68. The number of carbonyl (C=O) groups is 1. The van der Waals surface area contributed by atoms with E-state index < -0.39 is 5.54 Å². The summed E-state index contributed by atoms with van der Waals surface area (Å²) in [5.74, 6) is -0.0555. The second-order valence-corrected chi connectivity index (χ2v) is 5.15. The van der Waals surface area contributed by atoms with E-state index in [0.717, 1.165) is 10.9 Å². The van der Waals surface area contributed by atoms with Gasteiger partial charge in [-0.3, -0.25) is 4.79 Å². The molecule has 0 aliphatic heterocycles. The normalized spacial score (nSPS) is 11.8. The zero-order chi connectivity index (χ0) is 13.3. The van der Waals surface area contributed by atoms with Gasteiger partial charge in [0.15, 0.2) is 5.76 Å². The van der Waals surface area contributed by atoms with Crippen LogP contribution in [0.3, 0.4) is 0 Å². The number of benzene rings is 1. The molecule has 2 N–H and O–H groups in total. The van der Waals surface area contributed by atoms with Gasteiger partial charge in [-0.05, 0) is 39.0 Å². The van der Waals surface area contributed by atoms with Gasteiger partial charge in [0.2, 0.25) is 0 Å². The molecule has 18 heavy (non-hydrogen) atoms. The summed E-state index contributed by atoms with van der Waals surface area (Å²) in [6.45, 7) is 5.36. The minimum atomic E-state index is -0.661. The second-order valence-electron chi connectivity index (χ2n) is 5.15. The summed E-state index contributed by atoms with van der Waals surface area (Å²) in [6, 6.07) is 7.46. The lowest BCUT2D eigenvalue weighted by Gasteiger charge is -2.22. The fourth-order valence-electron chi connectivity index (χ4n) is 1.68. The third-order valence-corrected chi connectivity index (χ3v) is 2.74. The number of nitrogens with one attached hydrogen (secondary N) is 1. The lowest BCUT2D eigenvalue weighted by atomic mass is 10.1. The van der Waals surface area contributed by atoms with Crippen molar-refractivity contribution in [1.82, 2.24) is 5.32 Å². The Balaban J connectivity index is 2.28.